The van der Waals surface area contributed by atoms with Crippen LogP contribution in [0.15, 0.2) is 0 Å². The second kappa shape index (κ2) is 8.54. The zero-order chi connectivity index (χ0) is 15.0. The van der Waals surface area contributed by atoms with Crippen molar-refractivity contribution in [2.45, 2.75) is 39.1 Å². The Morgan fingerprint density at radius 1 is 1.05 bits per heavy atom. The Bertz CT molecular complexity index is 355. The molecule has 0 aromatic heterocycles. The number of aliphatic hydroxyl groups excluding tert-OH is 1. The molecule has 0 saturated carbocycles. The summed E-state index contributed by atoms with van der Waals surface area (Å²) in [6.07, 6.45) is -3.48. The van der Waals surface area contributed by atoms with E-state index in [1.165, 1.54) is 0 Å². The van der Waals surface area contributed by atoms with E-state index in [4.69, 9.17) is 14.2 Å². The van der Waals surface area contributed by atoms with Gasteiger partial charge in [-0.15, -0.1) is 0 Å². The van der Waals surface area contributed by atoms with E-state index in [0.717, 1.165) is 26.1 Å². The first-order chi connectivity index (χ1) is 8.81. The smallest absolute Gasteiger partial charge is 0.303 e. The summed E-state index contributed by atoms with van der Waals surface area (Å²) >= 11 is 4.69. The van der Waals surface area contributed by atoms with Gasteiger partial charge in [0.25, 0.3) is 0 Å². The van der Waals surface area contributed by atoms with Gasteiger partial charge in [0.05, 0.1) is 6.61 Å². The molecule has 0 aromatic carbocycles. The predicted octanol–water partition coefficient (Wildman–Crippen LogP) is -0.227. The highest BCUT2D eigenvalue weighted by atomic mass is 32.1. The number of rotatable bonds is 7. The molecule has 7 nitrogen and oxygen atoms in total. The highest BCUT2D eigenvalue weighted by Gasteiger charge is 2.35. The number of esters is 3. The van der Waals surface area contributed by atoms with Gasteiger partial charge in [-0.2, -0.15) is 0 Å². The van der Waals surface area contributed by atoms with Crippen LogP contribution >= 0.6 is 12.2 Å². The van der Waals surface area contributed by atoms with Crippen molar-refractivity contribution in [3.63, 3.8) is 0 Å². The molecule has 0 radical (unpaired) electrons. The van der Waals surface area contributed by atoms with Crippen molar-refractivity contribution >= 4 is 35.5 Å². The Morgan fingerprint density at radius 3 is 1.84 bits per heavy atom. The number of hydrogen-bond donors (Lipinski definition) is 1. The summed E-state index contributed by atoms with van der Waals surface area (Å²) < 4.78 is 14.6. The Morgan fingerprint density at radius 2 is 1.53 bits per heavy atom. The molecule has 0 aliphatic carbocycles. The molecule has 8 heteroatoms. The largest absolute Gasteiger partial charge is 0.456 e. The molecule has 0 spiro atoms. The van der Waals surface area contributed by atoms with Crippen LogP contribution in [0.5, 0.6) is 0 Å². The minimum absolute atomic E-state index is 0.613. The van der Waals surface area contributed by atoms with Gasteiger partial charge in [-0.25, -0.2) is 0 Å². The predicted molar refractivity (Wildman–Crippen MR) is 67.4 cm³/mol. The van der Waals surface area contributed by atoms with Gasteiger partial charge >= 0.3 is 17.9 Å². The van der Waals surface area contributed by atoms with Crippen LogP contribution in [0.2, 0.25) is 0 Å². The quantitative estimate of drug-likeness (QED) is 0.390. The second-order valence-electron chi connectivity index (χ2n) is 3.61. The third-order valence-electron chi connectivity index (χ3n) is 1.93. The molecule has 0 fully saturated rings. The summed E-state index contributed by atoms with van der Waals surface area (Å²) in [5.74, 6) is -2.02. The minimum atomic E-state index is -1.20. The average Bonchev–Trinajstić information content (AvgIpc) is 2.29. The summed E-state index contributed by atoms with van der Waals surface area (Å²) in [6, 6.07) is 0. The summed E-state index contributed by atoms with van der Waals surface area (Å²) in [4.78, 5) is 32.9. The van der Waals surface area contributed by atoms with Gasteiger partial charge in [0.1, 0.15) is 0 Å². The summed E-state index contributed by atoms with van der Waals surface area (Å²) in [5, 5.41) is 10.2. The molecule has 0 amide bonds. The van der Waals surface area contributed by atoms with E-state index < -0.39 is 42.8 Å². The van der Waals surface area contributed by atoms with Crippen molar-refractivity contribution in [3.05, 3.63) is 0 Å². The Hall–Kier alpha value is -1.54. The van der Waals surface area contributed by atoms with Crippen molar-refractivity contribution in [3.8, 4) is 0 Å². The fourth-order valence-corrected chi connectivity index (χ4v) is 1.54. The fourth-order valence-electron chi connectivity index (χ4n) is 1.33. The minimum Gasteiger partial charge on any atom is -0.456 e. The molecule has 0 aliphatic heterocycles. The molecule has 0 aliphatic rings. The van der Waals surface area contributed by atoms with Crippen molar-refractivity contribution in [2.24, 2.45) is 0 Å². The summed E-state index contributed by atoms with van der Waals surface area (Å²) in [5.41, 5.74) is 0. The zero-order valence-corrected chi connectivity index (χ0v) is 11.6. The van der Waals surface area contributed by atoms with Crippen molar-refractivity contribution < 1.29 is 33.7 Å². The van der Waals surface area contributed by atoms with Gasteiger partial charge in [-0.05, 0) is 0 Å². The van der Waals surface area contributed by atoms with Crippen molar-refractivity contribution in [1.82, 2.24) is 0 Å². The standard InChI is InChI=1S/C11H16O7S/c1-6(13)16-9(4-12)11(18-8(3)15)10(5-19)17-7(2)14/h5,9-12H,4H2,1-3H3/t9-,10-,11-/m0/s1. The number of ether oxygens (including phenoxy) is 3. The third kappa shape index (κ3) is 6.82. The Balaban J connectivity index is 5.11. The first-order valence-electron chi connectivity index (χ1n) is 5.39. The second-order valence-corrected chi connectivity index (χ2v) is 3.89. The molecular weight excluding hydrogens is 276 g/mol. The summed E-state index contributed by atoms with van der Waals surface area (Å²) in [6.45, 7) is 2.80. The SMILES string of the molecule is CC(=O)O[C@H]([C@H](C=S)OC(C)=O)[C@H](CO)OC(C)=O. The monoisotopic (exact) mass is 292 g/mol. The molecule has 0 saturated heterocycles. The first kappa shape index (κ1) is 17.5. The van der Waals surface area contributed by atoms with Crippen molar-refractivity contribution in [1.29, 1.82) is 0 Å². The maximum Gasteiger partial charge on any atom is 0.303 e. The Labute approximate surface area is 115 Å². The van der Waals surface area contributed by atoms with Gasteiger partial charge in [0.2, 0.25) is 0 Å². The van der Waals surface area contributed by atoms with Crippen LogP contribution in [0.4, 0.5) is 0 Å². The van der Waals surface area contributed by atoms with Crippen LogP contribution in [0.3, 0.4) is 0 Å². The molecule has 108 valence electrons. The number of aliphatic hydroxyl groups is 1. The first-order valence-corrected chi connectivity index (χ1v) is 5.86. The van der Waals surface area contributed by atoms with Gasteiger partial charge in [-0.1, -0.05) is 12.2 Å². The van der Waals surface area contributed by atoms with Crippen LogP contribution in [0, 0.1) is 0 Å². The third-order valence-corrected chi connectivity index (χ3v) is 2.19. The maximum absolute atomic E-state index is 11.0. The maximum atomic E-state index is 11.0. The van der Waals surface area contributed by atoms with Crippen LogP contribution in [-0.2, 0) is 28.6 Å². The highest BCUT2D eigenvalue weighted by molar-refractivity contribution is 7.79. The van der Waals surface area contributed by atoms with Crippen LogP contribution in [0.1, 0.15) is 20.8 Å². The number of carbonyl (C=O) groups excluding carboxylic acids is 3. The topological polar surface area (TPSA) is 99.1 Å². The van der Waals surface area contributed by atoms with E-state index in [1.807, 2.05) is 0 Å². The zero-order valence-electron chi connectivity index (χ0n) is 10.8. The van der Waals surface area contributed by atoms with E-state index in [9.17, 15) is 19.5 Å². The molecule has 3 atom stereocenters. The number of thiocarbonyl (C=S) groups is 1. The molecule has 0 bridgehead atoms. The molecule has 0 rings (SSSR count). The van der Waals surface area contributed by atoms with Gasteiger partial charge < -0.3 is 19.3 Å². The molecule has 1 N–H and O–H groups in total. The van der Waals surface area contributed by atoms with Crippen LogP contribution < -0.4 is 0 Å². The van der Waals surface area contributed by atoms with E-state index in [1.54, 1.807) is 0 Å². The van der Waals surface area contributed by atoms with Crippen molar-refractivity contribution in [2.75, 3.05) is 6.61 Å². The van der Waals surface area contributed by atoms with Gasteiger partial charge in [0.15, 0.2) is 18.3 Å². The lowest BCUT2D eigenvalue weighted by molar-refractivity contribution is -0.179. The van der Waals surface area contributed by atoms with E-state index in [0.29, 0.717) is 0 Å². The van der Waals surface area contributed by atoms with E-state index in [2.05, 4.69) is 12.2 Å². The van der Waals surface area contributed by atoms with Crippen LogP contribution in [-0.4, -0.2) is 53.3 Å². The lowest BCUT2D eigenvalue weighted by Crippen LogP contribution is -2.47. The fraction of sp³-hybridized carbons (Fsp3) is 0.636. The average molecular weight is 292 g/mol. The number of hydrogen-bond acceptors (Lipinski definition) is 8. The lowest BCUT2D eigenvalue weighted by Gasteiger charge is -2.28. The normalized spacial score (nSPS) is 14.7. The lowest BCUT2D eigenvalue weighted by atomic mass is 10.1. The molecule has 0 aromatic rings. The van der Waals surface area contributed by atoms with Gasteiger partial charge in [0, 0.05) is 26.1 Å². The summed E-state index contributed by atoms with van der Waals surface area (Å²) in [7, 11) is 0. The van der Waals surface area contributed by atoms with E-state index >= 15 is 0 Å². The highest BCUT2D eigenvalue weighted by Crippen LogP contribution is 2.13. The molecule has 0 unspecified atom stereocenters. The molecule has 19 heavy (non-hydrogen) atoms. The molecule has 0 heterocycles. The van der Waals surface area contributed by atoms with E-state index in [-0.39, 0.29) is 0 Å². The van der Waals surface area contributed by atoms with Crippen LogP contribution in [0.25, 0.3) is 0 Å². The Kier molecular flexibility index (Phi) is 7.85. The van der Waals surface area contributed by atoms with Gasteiger partial charge in [-0.3, -0.25) is 14.4 Å². The molecular formula is C11H16O7S. The number of carbonyl (C=O) groups is 3.